The monoisotopic (exact) mass is 556 g/mol. The van der Waals surface area contributed by atoms with Crippen LogP contribution in [0.15, 0.2) is 136 Å². The summed E-state index contributed by atoms with van der Waals surface area (Å²) in [4.78, 5) is 38.3. The molecule has 7 nitrogen and oxygen atoms in total. The van der Waals surface area contributed by atoms with Gasteiger partial charge >= 0.3 is 0 Å². The van der Waals surface area contributed by atoms with Crippen molar-refractivity contribution in [3.63, 3.8) is 0 Å². The molecule has 0 bridgehead atoms. The molecule has 43 heavy (non-hydrogen) atoms. The summed E-state index contributed by atoms with van der Waals surface area (Å²) in [6, 6.07) is 34.3. The first-order chi connectivity index (χ1) is 21.2. The molecular weight excluding hydrogens is 536 g/mol. The molecule has 0 spiro atoms. The van der Waals surface area contributed by atoms with Gasteiger partial charge in [0, 0.05) is 39.6 Å². The largest absolute Gasteiger partial charge is 0.456 e. The molecule has 7 heteroatoms. The Morgan fingerprint density at radius 2 is 1.09 bits per heavy atom. The van der Waals surface area contributed by atoms with Crippen molar-refractivity contribution in [3.8, 4) is 11.4 Å². The molecule has 0 saturated carbocycles. The zero-order valence-electron chi connectivity index (χ0n) is 22.6. The lowest BCUT2D eigenvalue weighted by atomic mass is 10.0. The van der Waals surface area contributed by atoms with Crippen molar-refractivity contribution < 1.29 is 4.42 Å². The molecule has 0 aliphatic rings. The van der Waals surface area contributed by atoms with Gasteiger partial charge in [0.15, 0.2) is 5.65 Å². The summed E-state index contributed by atoms with van der Waals surface area (Å²) in [5.74, 6) is 0. The molecule has 0 atom stereocenters. The Morgan fingerprint density at radius 1 is 0.488 bits per heavy atom. The zero-order chi connectivity index (χ0) is 28.7. The Bertz CT molecular complexity index is 2710. The van der Waals surface area contributed by atoms with Crippen LogP contribution in [0.25, 0.3) is 76.9 Å². The van der Waals surface area contributed by atoms with Crippen LogP contribution in [0.1, 0.15) is 0 Å². The third-order valence-electron chi connectivity index (χ3n) is 8.23. The van der Waals surface area contributed by atoms with Crippen LogP contribution < -0.4 is 11.1 Å². The Labute approximate surface area is 242 Å². The van der Waals surface area contributed by atoms with E-state index < -0.39 is 11.1 Å². The molecule has 0 N–H and O–H groups in total. The quantitative estimate of drug-likeness (QED) is 0.223. The van der Waals surface area contributed by atoms with E-state index in [0.717, 1.165) is 32.9 Å². The molecule has 4 aromatic heterocycles. The molecule has 4 heterocycles. The standard InChI is InChI=1S/C36H20N4O3/c41-35-27-18-26-23-13-7-8-14-31(23)43-32(26)20-25(27)24-17-29-30(19-28(24)36(42)40(35)22-11-5-2-6-12-22)39(21-9-3-1-4-10-21)34-33(29)37-15-16-38-34/h1-20H. The molecular formula is C36H20N4O3. The van der Waals surface area contributed by atoms with Crippen LogP contribution in [0.5, 0.6) is 0 Å². The van der Waals surface area contributed by atoms with E-state index in [-0.39, 0.29) is 0 Å². The number of hydrogen-bond donors (Lipinski definition) is 0. The summed E-state index contributed by atoms with van der Waals surface area (Å²) in [6.07, 6.45) is 3.33. The minimum Gasteiger partial charge on any atom is -0.456 e. The van der Waals surface area contributed by atoms with E-state index in [1.54, 1.807) is 24.5 Å². The second kappa shape index (κ2) is 8.71. The summed E-state index contributed by atoms with van der Waals surface area (Å²) in [7, 11) is 0. The van der Waals surface area contributed by atoms with Gasteiger partial charge in [0.25, 0.3) is 11.1 Å². The molecule has 0 amide bonds. The number of fused-ring (bicyclic) bond motifs is 9. The first-order valence-corrected chi connectivity index (χ1v) is 13.9. The van der Waals surface area contributed by atoms with E-state index in [4.69, 9.17) is 9.40 Å². The van der Waals surface area contributed by atoms with Crippen molar-refractivity contribution >= 4 is 65.6 Å². The Morgan fingerprint density at radius 3 is 1.86 bits per heavy atom. The minimum atomic E-state index is -0.406. The van der Waals surface area contributed by atoms with Gasteiger partial charge < -0.3 is 4.42 Å². The summed E-state index contributed by atoms with van der Waals surface area (Å²) in [5, 5.41) is 4.65. The second-order valence-corrected chi connectivity index (χ2v) is 10.6. The fraction of sp³-hybridized carbons (Fsp3) is 0. The van der Waals surface area contributed by atoms with Crippen LogP contribution in [0.3, 0.4) is 0 Å². The average molecular weight is 557 g/mol. The molecule has 0 saturated heterocycles. The number of benzene rings is 5. The normalized spacial score (nSPS) is 11.9. The number of hydrogen-bond acceptors (Lipinski definition) is 5. The molecule has 0 aliphatic heterocycles. The molecule has 9 aromatic rings. The predicted octanol–water partition coefficient (Wildman–Crippen LogP) is 7.29. The van der Waals surface area contributed by atoms with Gasteiger partial charge in [-0.15, -0.1) is 0 Å². The summed E-state index contributed by atoms with van der Waals surface area (Å²) >= 11 is 0. The Balaban J connectivity index is 1.56. The van der Waals surface area contributed by atoms with Crippen LogP contribution in [0.2, 0.25) is 0 Å². The van der Waals surface area contributed by atoms with Gasteiger partial charge in [0.1, 0.15) is 16.7 Å². The van der Waals surface area contributed by atoms with Gasteiger partial charge in [0.2, 0.25) is 0 Å². The van der Waals surface area contributed by atoms with Gasteiger partial charge in [-0.05, 0) is 65.4 Å². The topological polar surface area (TPSA) is 82.9 Å². The molecule has 202 valence electrons. The van der Waals surface area contributed by atoms with Crippen molar-refractivity contribution in [2.24, 2.45) is 0 Å². The van der Waals surface area contributed by atoms with E-state index in [2.05, 4.69) is 4.98 Å². The molecule has 0 aliphatic carbocycles. The lowest BCUT2D eigenvalue weighted by molar-refractivity contribution is 0.669. The highest BCUT2D eigenvalue weighted by Gasteiger charge is 2.20. The maximum absolute atomic E-state index is 14.5. The van der Waals surface area contributed by atoms with Crippen molar-refractivity contribution in [1.29, 1.82) is 0 Å². The first-order valence-electron chi connectivity index (χ1n) is 13.9. The molecule has 0 fully saturated rings. The first kappa shape index (κ1) is 23.6. The minimum absolute atomic E-state index is 0.394. The fourth-order valence-corrected chi connectivity index (χ4v) is 6.32. The summed E-state index contributed by atoms with van der Waals surface area (Å²) in [6.45, 7) is 0. The number of aromatic nitrogens is 4. The molecule has 9 rings (SSSR count). The zero-order valence-corrected chi connectivity index (χ0v) is 22.6. The Kier molecular flexibility index (Phi) is 4.78. The molecule has 0 radical (unpaired) electrons. The smallest absolute Gasteiger partial charge is 0.266 e. The second-order valence-electron chi connectivity index (χ2n) is 10.6. The van der Waals surface area contributed by atoms with Crippen LogP contribution in [0.4, 0.5) is 0 Å². The average Bonchev–Trinajstić information content (AvgIpc) is 3.56. The van der Waals surface area contributed by atoms with Gasteiger partial charge in [0.05, 0.1) is 16.6 Å². The van der Waals surface area contributed by atoms with Crippen molar-refractivity contribution in [2.45, 2.75) is 0 Å². The predicted molar refractivity (Wildman–Crippen MR) is 171 cm³/mol. The number of furan rings is 1. The van der Waals surface area contributed by atoms with E-state index >= 15 is 0 Å². The third kappa shape index (κ3) is 3.30. The van der Waals surface area contributed by atoms with Crippen LogP contribution in [0, 0.1) is 0 Å². The van der Waals surface area contributed by atoms with Gasteiger partial charge in [-0.25, -0.2) is 9.55 Å². The van der Waals surface area contributed by atoms with Crippen molar-refractivity contribution in [3.05, 3.63) is 142 Å². The van der Waals surface area contributed by atoms with Gasteiger partial charge in [-0.3, -0.25) is 19.1 Å². The highest BCUT2D eigenvalue weighted by atomic mass is 16.3. The van der Waals surface area contributed by atoms with E-state index in [9.17, 15) is 9.59 Å². The van der Waals surface area contributed by atoms with Crippen LogP contribution in [-0.4, -0.2) is 19.1 Å². The fourth-order valence-electron chi connectivity index (χ4n) is 6.32. The third-order valence-corrected chi connectivity index (χ3v) is 8.23. The van der Waals surface area contributed by atoms with Crippen LogP contribution in [-0.2, 0) is 0 Å². The SMILES string of the molecule is O=c1c2cc3c(cc2c2cc4c5nccnc5n(-c5ccccc5)c4cc2c(=O)n1-c1ccccc1)oc1ccccc13. The van der Waals surface area contributed by atoms with E-state index in [1.165, 1.54) is 4.57 Å². The summed E-state index contributed by atoms with van der Waals surface area (Å²) in [5.41, 5.74) is 4.13. The van der Waals surface area contributed by atoms with E-state index in [0.29, 0.717) is 44.0 Å². The van der Waals surface area contributed by atoms with Crippen molar-refractivity contribution in [2.75, 3.05) is 0 Å². The molecule has 0 unspecified atom stereocenters. The van der Waals surface area contributed by atoms with E-state index in [1.807, 2.05) is 102 Å². The number of para-hydroxylation sites is 3. The highest BCUT2D eigenvalue weighted by molar-refractivity contribution is 6.19. The maximum atomic E-state index is 14.5. The lowest BCUT2D eigenvalue weighted by Crippen LogP contribution is -2.28. The van der Waals surface area contributed by atoms with Gasteiger partial charge in [-0.2, -0.15) is 0 Å². The van der Waals surface area contributed by atoms with Crippen molar-refractivity contribution in [1.82, 2.24) is 19.1 Å². The highest BCUT2D eigenvalue weighted by Crippen LogP contribution is 2.36. The van der Waals surface area contributed by atoms with Crippen LogP contribution >= 0.6 is 0 Å². The lowest BCUT2D eigenvalue weighted by Gasteiger charge is -2.07. The molecule has 5 aromatic carbocycles. The number of rotatable bonds is 2. The number of nitrogens with zero attached hydrogens (tertiary/aromatic N) is 4. The van der Waals surface area contributed by atoms with Gasteiger partial charge in [-0.1, -0.05) is 54.6 Å². The Hall–Kier alpha value is -6.08. The summed E-state index contributed by atoms with van der Waals surface area (Å²) < 4.78 is 9.51. The maximum Gasteiger partial charge on any atom is 0.266 e.